The molecule has 4 atom stereocenters. The SMILES string of the molecule is O=C(NC[C@H]1[C@H]2CN(C(=O)c3cncc(F)c3)C[C@]23CC[C@H]1O3)C1CC1. The van der Waals surface area contributed by atoms with E-state index in [0.717, 1.165) is 31.9 Å². The highest BCUT2D eigenvalue weighted by molar-refractivity contribution is 5.94. The van der Waals surface area contributed by atoms with Gasteiger partial charge in [0, 0.05) is 37.0 Å². The number of rotatable bonds is 4. The molecule has 3 aliphatic heterocycles. The first-order chi connectivity index (χ1) is 12.6. The molecule has 2 amide bonds. The lowest BCUT2D eigenvalue weighted by atomic mass is 9.73. The standard InChI is InChI=1S/C19H22FN3O3/c20-13-5-12(6-21-7-13)18(25)23-9-15-14(8-22-17(24)11-1-2-11)16-3-4-19(15,10-23)26-16/h5-7,11,14-16H,1-4,8-10H2,(H,22,24)/t14-,15+,16+,19+/m0/s1. The molecule has 0 radical (unpaired) electrons. The zero-order valence-corrected chi connectivity index (χ0v) is 14.5. The molecule has 1 N–H and O–H groups in total. The Labute approximate surface area is 151 Å². The van der Waals surface area contributed by atoms with Crippen molar-refractivity contribution in [2.75, 3.05) is 19.6 Å². The summed E-state index contributed by atoms with van der Waals surface area (Å²) in [4.78, 5) is 30.3. The number of pyridine rings is 1. The van der Waals surface area contributed by atoms with E-state index in [2.05, 4.69) is 10.3 Å². The third kappa shape index (κ3) is 2.52. The maximum atomic E-state index is 13.4. The quantitative estimate of drug-likeness (QED) is 0.881. The highest BCUT2D eigenvalue weighted by Gasteiger charge is 2.63. The van der Waals surface area contributed by atoms with E-state index in [-0.39, 0.29) is 46.8 Å². The molecule has 3 saturated heterocycles. The molecule has 4 fully saturated rings. The summed E-state index contributed by atoms with van der Waals surface area (Å²) < 4.78 is 19.7. The van der Waals surface area contributed by atoms with Gasteiger partial charge in [-0.3, -0.25) is 14.6 Å². The molecule has 7 heteroatoms. The fourth-order valence-electron chi connectivity index (χ4n) is 5.04. The monoisotopic (exact) mass is 359 g/mol. The molecule has 0 aromatic carbocycles. The summed E-state index contributed by atoms with van der Waals surface area (Å²) in [7, 11) is 0. The summed E-state index contributed by atoms with van der Waals surface area (Å²) in [6.45, 7) is 1.75. The van der Waals surface area contributed by atoms with Crippen LogP contribution >= 0.6 is 0 Å². The Morgan fingerprint density at radius 3 is 2.96 bits per heavy atom. The lowest BCUT2D eigenvalue weighted by Gasteiger charge is -2.29. The summed E-state index contributed by atoms with van der Waals surface area (Å²) in [5, 5.41) is 3.08. The first-order valence-electron chi connectivity index (χ1n) is 9.41. The molecule has 5 rings (SSSR count). The minimum atomic E-state index is -0.508. The van der Waals surface area contributed by atoms with E-state index in [1.54, 1.807) is 4.90 Å². The predicted molar refractivity (Wildman–Crippen MR) is 89.7 cm³/mol. The molecule has 1 aromatic heterocycles. The molecular formula is C19H22FN3O3. The van der Waals surface area contributed by atoms with E-state index in [0.29, 0.717) is 19.6 Å². The topological polar surface area (TPSA) is 71.5 Å². The van der Waals surface area contributed by atoms with E-state index in [9.17, 15) is 14.0 Å². The first-order valence-corrected chi connectivity index (χ1v) is 9.41. The van der Waals surface area contributed by atoms with Crippen LogP contribution in [0.4, 0.5) is 4.39 Å². The third-order valence-electron chi connectivity index (χ3n) is 6.48. The molecule has 4 aliphatic rings. The Hall–Kier alpha value is -2.02. The highest BCUT2D eigenvalue weighted by Crippen LogP contribution is 2.54. The number of carbonyl (C=O) groups is 2. The molecule has 2 bridgehead atoms. The van der Waals surface area contributed by atoms with Gasteiger partial charge < -0.3 is 15.0 Å². The van der Waals surface area contributed by atoms with Gasteiger partial charge in [0.25, 0.3) is 5.91 Å². The van der Waals surface area contributed by atoms with Crippen LogP contribution in [-0.2, 0) is 9.53 Å². The van der Waals surface area contributed by atoms with E-state index in [4.69, 9.17) is 4.74 Å². The summed E-state index contributed by atoms with van der Waals surface area (Å²) in [5.74, 6) is 0.116. The summed E-state index contributed by atoms with van der Waals surface area (Å²) >= 11 is 0. The fourth-order valence-corrected chi connectivity index (χ4v) is 5.04. The third-order valence-corrected chi connectivity index (χ3v) is 6.48. The van der Waals surface area contributed by atoms with Gasteiger partial charge in [0.1, 0.15) is 5.82 Å². The lowest BCUT2D eigenvalue weighted by Crippen LogP contribution is -2.42. The number of amides is 2. The van der Waals surface area contributed by atoms with Gasteiger partial charge in [-0.2, -0.15) is 0 Å². The molecule has 4 heterocycles. The van der Waals surface area contributed by atoms with Crippen molar-refractivity contribution in [1.82, 2.24) is 15.2 Å². The van der Waals surface area contributed by atoms with Crippen molar-refractivity contribution in [3.63, 3.8) is 0 Å². The first kappa shape index (κ1) is 16.2. The zero-order valence-electron chi connectivity index (χ0n) is 14.5. The van der Waals surface area contributed by atoms with Gasteiger partial charge in [0.15, 0.2) is 0 Å². The van der Waals surface area contributed by atoms with Crippen LogP contribution in [-0.4, -0.2) is 53.0 Å². The van der Waals surface area contributed by atoms with Gasteiger partial charge in [-0.15, -0.1) is 0 Å². The Bertz CT molecular complexity index is 768. The second-order valence-corrected chi connectivity index (χ2v) is 8.13. The molecule has 26 heavy (non-hydrogen) atoms. The van der Waals surface area contributed by atoms with Crippen molar-refractivity contribution in [1.29, 1.82) is 0 Å². The Morgan fingerprint density at radius 2 is 2.19 bits per heavy atom. The predicted octanol–water partition coefficient (Wildman–Crippen LogP) is 1.37. The van der Waals surface area contributed by atoms with Crippen molar-refractivity contribution in [2.45, 2.75) is 37.4 Å². The van der Waals surface area contributed by atoms with Gasteiger partial charge in [0.2, 0.25) is 5.91 Å². The fraction of sp³-hybridized carbons (Fsp3) is 0.632. The highest BCUT2D eigenvalue weighted by atomic mass is 19.1. The smallest absolute Gasteiger partial charge is 0.255 e. The van der Waals surface area contributed by atoms with Crippen LogP contribution in [0.5, 0.6) is 0 Å². The van der Waals surface area contributed by atoms with Crippen molar-refractivity contribution >= 4 is 11.8 Å². The van der Waals surface area contributed by atoms with Crippen LogP contribution in [0.2, 0.25) is 0 Å². The van der Waals surface area contributed by atoms with Crippen LogP contribution < -0.4 is 5.32 Å². The number of hydrogen-bond donors (Lipinski definition) is 1. The summed E-state index contributed by atoms with van der Waals surface area (Å²) in [6.07, 6.45) is 6.58. The van der Waals surface area contributed by atoms with Gasteiger partial charge in [0.05, 0.1) is 30.0 Å². The molecule has 1 aromatic rings. The van der Waals surface area contributed by atoms with Crippen molar-refractivity contribution in [3.8, 4) is 0 Å². The summed E-state index contributed by atoms with van der Waals surface area (Å²) in [6, 6.07) is 1.23. The van der Waals surface area contributed by atoms with Crippen molar-refractivity contribution in [3.05, 3.63) is 29.8 Å². The number of ether oxygens (including phenoxy) is 1. The van der Waals surface area contributed by atoms with Crippen LogP contribution in [0.3, 0.4) is 0 Å². The Kier molecular flexibility index (Phi) is 3.57. The van der Waals surface area contributed by atoms with Gasteiger partial charge in [-0.25, -0.2) is 4.39 Å². The number of halogens is 1. The summed E-state index contributed by atoms with van der Waals surface area (Å²) in [5.41, 5.74) is -0.0229. The van der Waals surface area contributed by atoms with Crippen molar-refractivity contribution in [2.24, 2.45) is 17.8 Å². The van der Waals surface area contributed by atoms with Crippen LogP contribution in [0.15, 0.2) is 18.5 Å². The minimum absolute atomic E-state index is 0.151. The maximum Gasteiger partial charge on any atom is 0.255 e. The van der Waals surface area contributed by atoms with Gasteiger partial charge in [-0.1, -0.05) is 0 Å². The number of hydrogen-bond acceptors (Lipinski definition) is 4. The molecule has 138 valence electrons. The number of likely N-dealkylation sites (tertiary alicyclic amines) is 1. The van der Waals surface area contributed by atoms with Crippen LogP contribution in [0, 0.1) is 23.6 Å². The normalized spacial score (nSPS) is 34.8. The van der Waals surface area contributed by atoms with Crippen LogP contribution in [0.1, 0.15) is 36.0 Å². The van der Waals surface area contributed by atoms with Gasteiger partial charge >= 0.3 is 0 Å². The second kappa shape index (κ2) is 5.74. The minimum Gasteiger partial charge on any atom is -0.369 e. The van der Waals surface area contributed by atoms with E-state index in [1.165, 1.54) is 12.3 Å². The molecule has 1 saturated carbocycles. The maximum absolute atomic E-state index is 13.4. The van der Waals surface area contributed by atoms with Gasteiger partial charge in [-0.05, 0) is 31.7 Å². The molecule has 1 spiro atoms. The van der Waals surface area contributed by atoms with Crippen molar-refractivity contribution < 1.29 is 18.7 Å². The number of nitrogens with zero attached hydrogens (tertiary/aromatic N) is 2. The molecule has 0 unspecified atom stereocenters. The second-order valence-electron chi connectivity index (χ2n) is 8.13. The van der Waals surface area contributed by atoms with E-state index < -0.39 is 5.82 Å². The van der Waals surface area contributed by atoms with E-state index in [1.807, 2.05) is 0 Å². The number of fused-ring (bicyclic) bond motifs is 1. The number of carbonyl (C=O) groups excluding carboxylic acids is 2. The average Bonchev–Trinajstić information content (AvgIpc) is 3.21. The molecule has 1 aliphatic carbocycles. The molecule has 6 nitrogen and oxygen atoms in total. The lowest BCUT2D eigenvalue weighted by molar-refractivity contribution is -0.122. The number of aromatic nitrogens is 1. The largest absolute Gasteiger partial charge is 0.369 e. The van der Waals surface area contributed by atoms with E-state index >= 15 is 0 Å². The number of nitrogens with one attached hydrogen (secondary N) is 1. The Balaban J connectivity index is 1.30. The Morgan fingerprint density at radius 1 is 1.35 bits per heavy atom. The molecular weight excluding hydrogens is 337 g/mol. The van der Waals surface area contributed by atoms with Crippen LogP contribution in [0.25, 0.3) is 0 Å². The average molecular weight is 359 g/mol. The zero-order chi connectivity index (χ0) is 17.9.